The van der Waals surface area contributed by atoms with Gasteiger partial charge in [-0.15, -0.1) is 0 Å². The lowest BCUT2D eigenvalue weighted by molar-refractivity contribution is -0.121. The average molecular weight is 167 g/mol. The molecule has 2 nitrogen and oxygen atoms in total. The Kier molecular flexibility index (Phi) is 1.95. The molecule has 2 rings (SSSR count). The maximum atomic E-state index is 11.2. The molecule has 3 atom stereocenters. The summed E-state index contributed by atoms with van der Waals surface area (Å²) in [7, 11) is 2.11. The molecule has 1 saturated carbocycles. The molecule has 0 aromatic rings. The molecule has 0 bridgehead atoms. The Balaban J connectivity index is 2.10. The summed E-state index contributed by atoms with van der Waals surface area (Å²) in [6, 6.07) is 0.958. The van der Waals surface area contributed by atoms with E-state index >= 15 is 0 Å². The van der Waals surface area contributed by atoms with Crippen molar-refractivity contribution in [3.63, 3.8) is 0 Å². The van der Waals surface area contributed by atoms with E-state index in [2.05, 4.69) is 11.9 Å². The highest BCUT2D eigenvalue weighted by molar-refractivity contribution is 5.81. The van der Waals surface area contributed by atoms with Gasteiger partial charge in [0.15, 0.2) is 0 Å². The van der Waals surface area contributed by atoms with Crippen molar-refractivity contribution in [1.29, 1.82) is 0 Å². The van der Waals surface area contributed by atoms with E-state index in [1.807, 2.05) is 0 Å². The van der Waals surface area contributed by atoms with Gasteiger partial charge in [-0.05, 0) is 39.2 Å². The number of hydrogen-bond donors (Lipinski definition) is 0. The second kappa shape index (κ2) is 2.84. The van der Waals surface area contributed by atoms with Crippen molar-refractivity contribution in [2.45, 2.75) is 44.7 Å². The van der Waals surface area contributed by atoms with Gasteiger partial charge in [-0.2, -0.15) is 0 Å². The van der Waals surface area contributed by atoms with Gasteiger partial charge in [-0.25, -0.2) is 0 Å². The Hall–Kier alpha value is -0.370. The highest BCUT2D eigenvalue weighted by Crippen LogP contribution is 2.40. The third-order valence-electron chi connectivity index (χ3n) is 3.63. The Morgan fingerprint density at radius 3 is 2.75 bits per heavy atom. The first kappa shape index (κ1) is 8.24. The lowest BCUT2D eigenvalue weighted by Gasteiger charge is -2.22. The number of Topliss-reactive ketones (excluding diaryl/α,β-unsaturated/α-hetero) is 1. The van der Waals surface area contributed by atoms with E-state index in [0.29, 0.717) is 5.78 Å². The zero-order valence-corrected chi connectivity index (χ0v) is 7.92. The van der Waals surface area contributed by atoms with Gasteiger partial charge in [-0.1, -0.05) is 6.42 Å². The Bertz CT molecular complexity index is 202. The average Bonchev–Trinajstić information content (AvgIpc) is 2.53. The summed E-state index contributed by atoms with van der Waals surface area (Å²) in [4.78, 5) is 13.6. The summed E-state index contributed by atoms with van der Waals surface area (Å²) in [5.41, 5.74) is 0. The number of likely N-dealkylation sites (N-methyl/N-ethyl adjacent to an activating group) is 1. The van der Waals surface area contributed by atoms with Crippen LogP contribution in [0.2, 0.25) is 0 Å². The van der Waals surface area contributed by atoms with Crippen LogP contribution >= 0.6 is 0 Å². The van der Waals surface area contributed by atoms with Crippen molar-refractivity contribution in [3.8, 4) is 0 Å². The second-order valence-electron chi connectivity index (χ2n) is 4.29. The van der Waals surface area contributed by atoms with E-state index in [4.69, 9.17) is 0 Å². The summed E-state index contributed by atoms with van der Waals surface area (Å²) < 4.78 is 0. The summed E-state index contributed by atoms with van der Waals surface area (Å²) >= 11 is 0. The molecule has 1 aliphatic carbocycles. The van der Waals surface area contributed by atoms with Crippen LogP contribution in [0, 0.1) is 5.92 Å². The number of carbonyl (C=O) groups excluding carboxylic acids is 1. The maximum Gasteiger partial charge on any atom is 0.146 e. The third kappa shape index (κ3) is 1.09. The fourth-order valence-electron chi connectivity index (χ4n) is 2.97. The second-order valence-corrected chi connectivity index (χ2v) is 4.29. The lowest BCUT2D eigenvalue weighted by atomic mass is 10.0. The van der Waals surface area contributed by atoms with Crippen molar-refractivity contribution in [2.24, 2.45) is 5.92 Å². The summed E-state index contributed by atoms with van der Waals surface area (Å²) in [6.07, 6.45) is 5.14. The number of carbonyl (C=O) groups is 1. The summed E-state index contributed by atoms with van der Waals surface area (Å²) in [6.45, 7) is 1.72. The molecule has 2 fully saturated rings. The van der Waals surface area contributed by atoms with Gasteiger partial charge < -0.3 is 0 Å². The molecule has 68 valence electrons. The van der Waals surface area contributed by atoms with Gasteiger partial charge in [-0.3, -0.25) is 9.69 Å². The monoisotopic (exact) mass is 167 g/mol. The van der Waals surface area contributed by atoms with E-state index in [0.717, 1.165) is 18.4 Å². The topological polar surface area (TPSA) is 20.3 Å². The van der Waals surface area contributed by atoms with Crippen molar-refractivity contribution < 1.29 is 4.79 Å². The molecule has 0 spiro atoms. The number of fused-ring (bicyclic) bond motifs is 1. The molecule has 0 radical (unpaired) electrons. The maximum absolute atomic E-state index is 11.2. The predicted molar refractivity (Wildman–Crippen MR) is 48.0 cm³/mol. The van der Waals surface area contributed by atoms with Gasteiger partial charge in [0, 0.05) is 6.04 Å². The fraction of sp³-hybridized carbons (Fsp3) is 0.900. The Morgan fingerprint density at radius 2 is 2.17 bits per heavy atom. The van der Waals surface area contributed by atoms with Crippen molar-refractivity contribution >= 4 is 5.78 Å². The number of nitrogens with zero attached hydrogens (tertiary/aromatic N) is 1. The lowest BCUT2D eigenvalue weighted by Crippen LogP contribution is -2.36. The van der Waals surface area contributed by atoms with Crippen molar-refractivity contribution in [3.05, 3.63) is 0 Å². The van der Waals surface area contributed by atoms with Gasteiger partial charge in [0.05, 0.1) is 6.04 Å². The smallest absolute Gasteiger partial charge is 0.146 e. The van der Waals surface area contributed by atoms with E-state index in [1.54, 1.807) is 6.92 Å². The third-order valence-corrected chi connectivity index (χ3v) is 3.63. The van der Waals surface area contributed by atoms with Crippen LogP contribution in [0.5, 0.6) is 0 Å². The molecule has 1 aliphatic heterocycles. The Labute approximate surface area is 73.9 Å². The van der Waals surface area contributed by atoms with Crippen molar-refractivity contribution in [2.75, 3.05) is 7.05 Å². The standard InChI is InChI=1S/C10H17NO/c1-7(12)10-6-8-4-3-5-9(8)11(10)2/h8-10H,3-6H2,1-2H3. The van der Waals surface area contributed by atoms with Crippen LogP contribution in [0.25, 0.3) is 0 Å². The molecule has 0 aromatic heterocycles. The van der Waals surface area contributed by atoms with Crippen LogP contribution in [-0.2, 0) is 4.79 Å². The first-order valence-corrected chi connectivity index (χ1v) is 4.92. The molecular weight excluding hydrogens is 150 g/mol. The first-order chi connectivity index (χ1) is 5.70. The van der Waals surface area contributed by atoms with Crippen LogP contribution in [0.15, 0.2) is 0 Å². The number of hydrogen-bond acceptors (Lipinski definition) is 2. The van der Waals surface area contributed by atoms with Gasteiger partial charge in [0.2, 0.25) is 0 Å². The highest BCUT2D eigenvalue weighted by Gasteiger charge is 2.42. The summed E-state index contributed by atoms with van der Waals surface area (Å²) in [5.74, 6) is 1.18. The Morgan fingerprint density at radius 1 is 1.42 bits per heavy atom. The normalized spacial score (nSPS) is 41.7. The molecule has 0 amide bonds. The zero-order valence-electron chi connectivity index (χ0n) is 7.92. The first-order valence-electron chi connectivity index (χ1n) is 4.92. The minimum atomic E-state index is 0.236. The van der Waals surface area contributed by atoms with Gasteiger partial charge >= 0.3 is 0 Å². The molecule has 2 aliphatic rings. The largest absolute Gasteiger partial charge is 0.298 e. The highest BCUT2D eigenvalue weighted by atomic mass is 16.1. The van der Waals surface area contributed by atoms with Crippen LogP contribution in [0.3, 0.4) is 0 Å². The van der Waals surface area contributed by atoms with E-state index < -0.39 is 0 Å². The van der Waals surface area contributed by atoms with Crippen molar-refractivity contribution in [1.82, 2.24) is 4.90 Å². The minimum Gasteiger partial charge on any atom is -0.298 e. The molecule has 12 heavy (non-hydrogen) atoms. The van der Waals surface area contributed by atoms with Gasteiger partial charge in [0.25, 0.3) is 0 Å². The fourth-order valence-corrected chi connectivity index (χ4v) is 2.97. The molecule has 1 saturated heterocycles. The molecular formula is C10H17NO. The predicted octanol–water partition coefficient (Wildman–Crippen LogP) is 1.45. The zero-order chi connectivity index (χ0) is 8.72. The van der Waals surface area contributed by atoms with Gasteiger partial charge in [0.1, 0.15) is 5.78 Å². The molecule has 3 unspecified atom stereocenters. The molecule has 1 heterocycles. The summed E-state index contributed by atoms with van der Waals surface area (Å²) in [5, 5.41) is 0. The van der Waals surface area contributed by atoms with Crippen LogP contribution in [0.4, 0.5) is 0 Å². The number of rotatable bonds is 1. The molecule has 0 N–H and O–H groups in total. The van der Waals surface area contributed by atoms with Crippen LogP contribution in [0.1, 0.15) is 32.6 Å². The van der Waals surface area contributed by atoms with Crippen LogP contribution < -0.4 is 0 Å². The minimum absolute atomic E-state index is 0.236. The van der Waals surface area contributed by atoms with E-state index in [1.165, 1.54) is 19.3 Å². The van der Waals surface area contributed by atoms with E-state index in [9.17, 15) is 4.79 Å². The van der Waals surface area contributed by atoms with E-state index in [-0.39, 0.29) is 6.04 Å². The van der Waals surface area contributed by atoms with Crippen LogP contribution in [-0.4, -0.2) is 29.8 Å². The number of likely N-dealkylation sites (tertiary alicyclic amines) is 1. The molecule has 2 heteroatoms. The number of ketones is 1. The quantitative estimate of drug-likeness (QED) is 0.589. The molecule has 0 aromatic carbocycles. The SMILES string of the molecule is CC(=O)C1CC2CCCC2N1C.